The van der Waals surface area contributed by atoms with E-state index in [1.807, 2.05) is 20.8 Å². The van der Waals surface area contributed by atoms with Crippen LogP contribution in [0, 0.1) is 0 Å². The van der Waals surface area contributed by atoms with Crippen LogP contribution in [0.15, 0.2) is 0 Å². The lowest BCUT2D eigenvalue weighted by atomic mass is 10.4. The Bertz CT molecular complexity index is 428. The van der Waals surface area contributed by atoms with E-state index in [1.54, 1.807) is 0 Å². The second-order valence-corrected chi connectivity index (χ2v) is 4.42. The Morgan fingerprint density at radius 1 is 1.37 bits per heavy atom. The number of hydrogen-bond acceptors (Lipinski definition) is 6. The molecule has 2 N–H and O–H groups in total. The first-order valence-corrected chi connectivity index (χ1v) is 6.48. The van der Waals surface area contributed by atoms with Crippen molar-refractivity contribution in [3.05, 3.63) is 5.28 Å². The highest BCUT2D eigenvalue weighted by Gasteiger charge is 2.08. The van der Waals surface area contributed by atoms with Gasteiger partial charge in [0.15, 0.2) is 0 Å². The van der Waals surface area contributed by atoms with Gasteiger partial charge in [-0.05, 0) is 31.9 Å². The maximum Gasteiger partial charge on any atom is 0.322 e. The number of carbonyl (C=O) groups excluding carboxylic acids is 1. The molecule has 7 nitrogen and oxygen atoms in total. The van der Waals surface area contributed by atoms with E-state index in [2.05, 4.69) is 25.6 Å². The highest BCUT2D eigenvalue weighted by molar-refractivity contribution is 6.28. The number of anilines is 1. The lowest BCUT2D eigenvalue weighted by Gasteiger charge is -2.09. The minimum atomic E-state index is -0.135. The first-order valence-electron chi connectivity index (χ1n) is 6.10. The molecule has 0 saturated carbocycles. The van der Waals surface area contributed by atoms with Crippen LogP contribution in [0.5, 0.6) is 6.01 Å². The minimum absolute atomic E-state index is 0.0158. The van der Waals surface area contributed by atoms with Crippen molar-refractivity contribution < 1.29 is 9.53 Å². The summed E-state index contributed by atoms with van der Waals surface area (Å²) in [5.41, 5.74) is 0. The van der Waals surface area contributed by atoms with Crippen LogP contribution < -0.4 is 15.4 Å². The molecule has 1 aromatic heterocycles. The first kappa shape index (κ1) is 15.4. The number of hydrogen-bond donors (Lipinski definition) is 2. The van der Waals surface area contributed by atoms with E-state index in [4.69, 9.17) is 16.3 Å². The third-order valence-electron chi connectivity index (χ3n) is 1.91. The monoisotopic (exact) mass is 287 g/mol. The maximum atomic E-state index is 11.4. The molecule has 0 aromatic carbocycles. The Morgan fingerprint density at radius 2 is 2.11 bits per heavy atom. The maximum absolute atomic E-state index is 11.4. The molecular formula is C11H18ClN5O2. The number of amides is 1. The number of aromatic nitrogens is 3. The summed E-state index contributed by atoms with van der Waals surface area (Å²) in [5, 5.41) is 5.51. The van der Waals surface area contributed by atoms with Gasteiger partial charge in [0.05, 0.1) is 12.6 Å². The van der Waals surface area contributed by atoms with Crippen LogP contribution >= 0.6 is 11.6 Å². The van der Waals surface area contributed by atoms with Crippen LogP contribution in [-0.2, 0) is 4.79 Å². The van der Waals surface area contributed by atoms with Gasteiger partial charge in [0.1, 0.15) is 0 Å². The van der Waals surface area contributed by atoms with Gasteiger partial charge in [-0.1, -0.05) is 6.92 Å². The molecule has 0 spiro atoms. The Kier molecular flexibility index (Phi) is 6.27. The van der Waals surface area contributed by atoms with Crippen LogP contribution in [0.1, 0.15) is 27.2 Å². The summed E-state index contributed by atoms with van der Waals surface area (Å²) in [5.74, 6) is 0.0759. The highest BCUT2D eigenvalue weighted by atomic mass is 35.5. The van der Waals surface area contributed by atoms with Gasteiger partial charge in [0.2, 0.25) is 17.1 Å². The van der Waals surface area contributed by atoms with Crippen molar-refractivity contribution in [2.24, 2.45) is 0 Å². The molecule has 1 aromatic rings. The molecule has 1 heterocycles. The van der Waals surface area contributed by atoms with Gasteiger partial charge >= 0.3 is 6.01 Å². The lowest BCUT2D eigenvalue weighted by Crippen LogP contribution is -2.30. The molecule has 8 heteroatoms. The predicted molar refractivity (Wildman–Crippen MR) is 72.4 cm³/mol. The molecule has 0 aliphatic rings. The van der Waals surface area contributed by atoms with Crippen molar-refractivity contribution in [1.82, 2.24) is 20.3 Å². The average Bonchev–Trinajstić information content (AvgIpc) is 2.32. The van der Waals surface area contributed by atoms with Gasteiger partial charge in [-0.15, -0.1) is 0 Å². The van der Waals surface area contributed by atoms with Crippen molar-refractivity contribution in [2.45, 2.75) is 33.3 Å². The fourth-order valence-corrected chi connectivity index (χ4v) is 1.31. The number of halogens is 1. The van der Waals surface area contributed by atoms with Crippen LogP contribution in [0.25, 0.3) is 0 Å². The van der Waals surface area contributed by atoms with Crippen LogP contribution in [0.3, 0.4) is 0 Å². The van der Waals surface area contributed by atoms with Gasteiger partial charge in [-0.25, -0.2) is 0 Å². The van der Waals surface area contributed by atoms with Crippen molar-refractivity contribution >= 4 is 23.5 Å². The van der Waals surface area contributed by atoms with E-state index < -0.39 is 0 Å². The van der Waals surface area contributed by atoms with Gasteiger partial charge in [-0.3, -0.25) is 4.79 Å². The molecule has 0 radical (unpaired) electrons. The number of nitrogens with one attached hydrogen (secondary N) is 2. The highest BCUT2D eigenvalue weighted by Crippen LogP contribution is 2.12. The van der Waals surface area contributed by atoms with Crippen molar-refractivity contribution in [2.75, 3.05) is 18.4 Å². The average molecular weight is 288 g/mol. The van der Waals surface area contributed by atoms with E-state index in [-0.39, 0.29) is 35.8 Å². The Morgan fingerprint density at radius 3 is 2.74 bits per heavy atom. The molecule has 0 bridgehead atoms. The fraction of sp³-hybridized carbons (Fsp3) is 0.636. The van der Waals surface area contributed by atoms with E-state index in [0.29, 0.717) is 6.54 Å². The molecule has 0 aliphatic carbocycles. The molecule has 1 amide bonds. The van der Waals surface area contributed by atoms with Crippen LogP contribution in [0.4, 0.5) is 5.95 Å². The van der Waals surface area contributed by atoms with Crippen LogP contribution in [-0.4, -0.2) is 40.1 Å². The topological polar surface area (TPSA) is 89.0 Å². The molecule has 0 unspecified atom stereocenters. The fourth-order valence-electron chi connectivity index (χ4n) is 1.16. The quantitative estimate of drug-likeness (QED) is 0.784. The van der Waals surface area contributed by atoms with Gasteiger partial charge in [-0.2, -0.15) is 15.0 Å². The zero-order valence-corrected chi connectivity index (χ0v) is 12.0. The second-order valence-electron chi connectivity index (χ2n) is 4.08. The van der Waals surface area contributed by atoms with Gasteiger partial charge in [0, 0.05) is 6.54 Å². The van der Waals surface area contributed by atoms with Gasteiger partial charge in [0.25, 0.3) is 0 Å². The van der Waals surface area contributed by atoms with E-state index in [1.165, 1.54) is 0 Å². The summed E-state index contributed by atoms with van der Waals surface area (Å²) >= 11 is 5.75. The number of ether oxygens (including phenoxy) is 1. The van der Waals surface area contributed by atoms with E-state index in [0.717, 1.165) is 6.42 Å². The summed E-state index contributed by atoms with van der Waals surface area (Å²) in [4.78, 5) is 23.1. The smallest absolute Gasteiger partial charge is 0.322 e. The zero-order valence-electron chi connectivity index (χ0n) is 11.2. The standard InChI is InChI=1S/C11H18ClN5O2/c1-4-5-13-8(18)6-14-10-15-9(12)16-11(17-10)19-7(2)3/h7H,4-6H2,1-3H3,(H,13,18)(H,14,15,16,17). The number of nitrogens with zero attached hydrogens (tertiary/aromatic N) is 3. The SMILES string of the molecule is CCCNC(=O)CNc1nc(Cl)nc(OC(C)C)n1. The third kappa shape index (κ3) is 6.19. The first-order chi connectivity index (χ1) is 9.01. The predicted octanol–water partition coefficient (Wildman–Crippen LogP) is 1.25. The number of carbonyl (C=O) groups is 1. The largest absolute Gasteiger partial charge is 0.461 e. The van der Waals surface area contributed by atoms with Crippen molar-refractivity contribution in [3.63, 3.8) is 0 Å². The molecule has 19 heavy (non-hydrogen) atoms. The summed E-state index contributed by atoms with van der Waals surface area (Å²) in [7, 11) is 0. The Hall–Kier alpha value is -1.63. The van der Waals surface area contributed by atoms with Crippen molar-refractivity contribution in [1.29, 1.82) is 0 Å². The van der Waals surface area contributed by atoms with E-state index >= 15 is 0 Å². The normalized spacial score (nSPS) is 10.4. The summed E-state index contributed by atoms with van der Waals surface area (Å²) in [6.45, 7) is 6.39. The molecule has 0 fully saturated rings. The summed E-state index contributed by atoms with van der Waals surface area (Å²) < 4.78 is 5.32. The number of rotatable bonds is 7. The summed E-state index contributed by atoms with van der Waals surface area (Å²) in [6.07, 6.45) is 0.814. The third-order valence-corrected chi connectivity index (χ3v) is 2.08. The lowest BCUT2D eigenvalue weighted by molar-refractivity contribution is -0.119. The molecule has 0 aliphatic heterocycles. The molecular weight excluding hydrogens is 270 g/mol. The molecule has 0 atom stereocenters. The molecule has 106 valence electrons. The van der Waals surface area contributed by atoms with Crippen LogP contribution in [0.2, 0.25) is 5.28 Å². The second kappa shape index (κ2) is 7.73. The zero-order chi connectivity index (χ0) is 14.3. The minimum Gasteiger partial charge on any atom is -0.461 e. The van der Waals surface area contributed by atoms with Crippen molar-refractivity contribution in [3.8, 4) is 6.01 Å². The van der Waals surface area contributed by atoms with E-state index in [9.17, 15) is 4.79 Å². The summed E-state index contributed by atoms with van der Waals surface area (Å²) in [6, 6.07) is 0.131. The Balaban J connectivity index is 2.57. The molecule has 1 rings (SSSR count). The molecule has 0 saturated heterocycles. The Labute approximate surface area is 117 Å². The van der Waals surface area contributed by atoms with Gasteiger partial charge < -0.3 is 15.4 Å².